The van der Waals surface area contributed by atoms with Crippen molar-refractivity contribution >= 4 is 11.9 Å². The SMILES string of the molecule is CC(C)CCNc1nccc(C(=O)NCC(C)C)n1. The monoisotopic (exact) mass is 264 g/mol. The highest BCUT2D eigenvalue weighted by Gasteiger charge is 2.08. The summed E-state index contributed by atoms with van der Waals surface area (Å²) in [4.78, 5) is 20.2. The lowest BCUT2D eigenvalue weighted by molar-refractivity contribution is 0.0944. The molecule has 0 saturated carbocycles. The fourth-order valence-corrected chi connectivity index (χ4v) is 1.43. The van der Waals surface area contributed by atoms with E-state index >= 15 is 0 Å². The summed E-state index contributed by atoms with van der Waals surface area (Å²) in [6.45, 7) is 9.91. The number of anilines is 1. The highest BCUT2D eigenvalue weighted by molar-refractivity contribution is 5.92. The number of hydrogen-bond donors (Lipinski definition) is 2. The van der Waals surface area contributed by atoms with Crippen LogP contribution in [-0.2, 0) is 0 Å². The van der Waals surface area contributed by atoms with Crippen LogP contribution < -0.4 is 10.6 Å². The van der Waals surface area contributed by atoms with E-state index in [2.05, 4.69) is 48.3 Å². The van der Waals surface area contributed by atoms with Crippen LogP contribution >= 0.6 is 0 Å². The van der Waals surface area contributed by atoms with Gasteiger partial charge >= 0.3 is 0 Å². The Labute approximate surface area is 115 Å². The summed E-state index contributed by atoms with van der Waals surface area (Å²) in [5.74, 6) is 1.42. The van der Waals surface area contributed by atoms with Gasteiger partial charge in [-0.3, -0.25) is 4.79 Å². The lowest BCUT2D eigenvalue weighted by atomic mass is 10.1. The van der Waals surface area contributed by atoms with Crippen LogP contribution in [0.25, 0.3) is 0 Å². The van der Waals surface area contributed by atoms with Crippen molar-refractivity contribution in [3.63, 3.8) is 0 Å². The molecule has 0 aliphatic heterocycles. The molecule has 2 N–H and O–H groups in total. The molecule has 0 fully saturated rings. The average molecular weight is 264 g/mol. The molecule has 0 spiro atoms. The van der Waals surface area contributed by atoms with E-state index < -0.39 is 0 Å². The van der Waals surface area contributed by atoms with Gasteiger partial charge in [-0.25, -0.2) is 9.97 Å². The minimum Gasteiger partial charge on any atom is -0.354 e. The maximum absolute atomic E-state index is 11.9. The Morgan fingerprint density at radius 1 is 1.26 bits per heavy atom. The molecule has 1 aromatic rings. The minimum atomic E-state index is -0.150. The van der Waals surface area contributed by atoms with Gasteiger partial charge < -0.3 is 10.6 Å². The molecule has 0 saturated heterocycles. The van der Waals surface area contributed by atoms with E-state index in [9.17, 15) is 4.79 Å². The van der Waals surface area contributed by atoms with Crippen molar-refractivity contribution in [2.75, 3.05) is 18.4 Å². The molecule has 19 heavy (non-hydrogen) atoms. The van der Waals surface area contributed by atoms with E-state index in [0.717, 1.165) is 13.0 Å². The van der Waals surface area contributed by atoms with E-state index in [1.165, 1.54) is 0 Å². The van der Waals surface area contributed by atoms with Crippen molar-refractivity contribution in [1.29, 1.82) is 0 Å². The number of carbonyl (C=O) groups excluding carboxylic acids is 1. The molecule has 0 radical (unpaired) electrons. The summed E-state index contributed by atoms with van der Waals surface area (Å²) in [5, 5.41) is 5.98. The lowest BCUT2D eigenvalue weighted by Crippen LogP contribution is -2.28. The fourth-order valence-electron chi connectivity index (χ4n) is 1.43. The number of aromatic nitrogens is 2. The molecule has 5 nitrogen and oxygen atoms in total. The molecule has 106 valence electrons. The Balaban J connectivity index is 2.53. The van der Waals surface area contributed by atoms with Crippen molar-refractivity contribution in [3.8, 4) is 0 Å². The second-order valence-corrected chi connectivity index (χ2v) is 5.48. The smallest absolute Gasteiger partial charge is 0.270 e. The summed E-state index contributed by atoms with van der Waals surface area (Å²) in [5.41, 5.74) is 0.405. The zero-order chi connectivity index (χ0) is 14.3. The Bertz CT molecular complexity index is 404. The summed E-state index contributed by atoms with van der Waals surface area (Å²) >= 11 is 0. The Morgan fingerprint density at radius 2 is 2.00 bits per heavy atom. The van der Waals surface area contributed by atoms with Gasteiger partial charge in [0.1, 0.15) is 5.69 Å². The summed E-state index contributed by atoms with van der Waals surface area (Å²) in [7, 11) is 0. The molecule has 0 aliphatic carbocycles. The lowest BCUT2D eigenvalue weighted by Gasteiger charge is -2.09. The highest BCUT2D eigenvalue weighted by Crippen LogP contribution is 2.03. The molecule has 1 amide bonds. The Morgan fingerprint density at radius 3 is 2.63 bits per heavy atom. The third-order valence-electron chi connectivity index (χ3n) is 2.56. The first-order valence-corrected chi connectivity index (χ1v) is 6.84. The number of nitrogens with zero attached hydrogens (tertiary/aromatic N) is 2. The molecule has 0 aliphatic rings. The quantitative estimate of drug-likeness (QED) is 0.793. The molecule has 0 atom stereocenters. The van der Waals surface area contributed by atoms with Gasteiger partial charge in [0.25, 0.3) is 5.91 Å². The minimum absolute atomic E-state index is 0.150. The molecule has 5 heteroatoms. The second kappa shape index (κ2) is 7.71. The van der Waals surface area contributed by atoms with Gasteiger partial charge in [-0.05, 0) is 24.3 Å². The van der Waals surface area contributed by atoms with Crippen LogP contribution in [-0.4, -0.2) is 29.0 Å². The summed E-state index contributed by atoms with van der Waals surface area (Å²) < 4.78 is 0. The first-order chi connectivity index (χ1) is 8.99. The van der Waals surface area contributed by atoms with Crippen LogP contribution in [0.3, 0.4) is 0 Å². The van der Waals surface area contributed by atoms with Gasteiger partial charge in [-0.15, -0.1) is 0 Å². The molecular formula is C14H24N4O. The van der Waals surface area contributed by atoms with E-state index in [0.29, 0.717) is 30.0 Å². The van der Waals surface area contributed by atoms with Crippen molar-refractivity contribution in [2.24, 2.45) is 11.8 Å². The van der Waals surface area contributed by atoms with Gasteiger partial charge in [0, 0.05) is 19.3 Å². The van der Waals surface area contributed by atoms with Crippen molar-refractivity contribution in [3.05, 3.63) is 18.0 Å². The van der Waals surface area contributed by atoms with E-state index in [4.69, 9.17) is 0 Å². The largest absolute Gasteiger partial charge is 0.354 e. The van der Waals surface area contributed by atoms with Crippen LogP contribution in [0.4, 0.5) is 5.95 Å². The number of amides is 1. The standard InChI is InChI=1S/C14H24N4O/c1-10(2)5-7-15-14-16-8-6-12(18-14)13(19)17-9-11(3)4/h6,8,10-11H,5,7,9H2,1-4H3,(H,17,19)(H,15,16,18). The van der Waals surface area contributed by atoms with Crippen LogP contribution in [0.5, 0.6) is 0 Å². The molecule has 0 aromatic carbocycles. The molecule has 0 bridgehead atoms. The zero-order valence-electron chi connectivity index (χ0n) is 12.2. The Hall–Kier alpha value is -1.65. The molecule has 1 aromatic heterocycles. The topological polar surface area (TPSA) is 66.9 Å². The highest BCUT2D eigenvalue weighted by atomic mass is 16.1. The van der Waals surface area contributed by atoms with Crippen LogP contribution in [0.2, 0.25) is 0 Å². The van der Waals surface area contributed by atoms with Crippen molar-refractivity contribution in [1.82, 2.24) is 15.3 Å². The zero-order valence-corrected chi connectivity index (χ0v) is 12.2. The normalized spacial score (nSPS) is 10.8. The molecule has 1 heterocycles. The first-order valence-electron chi connectivity index (χ1n) is 6.84. The molecule has 1 rings (SSSR count). The van der Waals surface area contributed by atoms with Crippen LogP contribution in [0.1, 0.15) is 44.6 Å². The van der Waals surface area contributed by atoms with Gasteiger partial charge in [-0.1, -0.05) is 27.7 Å². The van der Waals surface area contributed by atoms with Crippen LogP contribution in [0, 0.1) is 11.8 Å². The average Bonchev–Trinajstić information content (AvgIpc) is 2.36. The maximum Gasteiger partial charge on any atom is 0.270 e. The van der Waals surface area contributed by atoms with Gasteiger partial charge in [0.2, 0.25) is 5.95 Å². The van der Waals surface area contributed by atoms with Gasteiger partial charge in [-0.2, -0.15) is 0 Å². The number of hydrogen-bond acceptors (Lipinski definition) is 4. The van der Waals surface area contributed by atoms with E-state index in [1.807, 2.05) is 0 Å². The second-order valence-electron chi connectivity index (χ2n) is 5.48. The number of carbonyl (C=O) groups is 1. The number of rotatable bonds is 7. The van der Waals surface area contributed by atoms with Crippen LogP contribution in [0.15, 0.2) is 12.3 Å². The third-order valence-corrected chi connectivity index (χ3v) is 2.56. The fraction of sp³-hybridized carbons (Fsp3) is 0.643. The van der Waals surface area contributed by atoms with E-state index in [-0.39, 0.29) is 5.91 Å². The maximum atomic E-state index is 11.9. The third kappa shape index (κ3) is 6.18. The first kappa shape index (κ1) is 15.4. The van der Waals surface area contributed by atoms with Gasteiger partial charge in [0.05, 0.1) is 0 Å². The Kier molecular flexibility index (Phi) is 6.25. The van der Waals surface area contributed by atoms with Crippen molar-refractivity contribution in [2.45, 2.75) is 34.1 Å². The molecule has 0 unspecified atom stereocenters. The predicted molar refractivity (Wildman–Crippen MR) is 77.1 cm³/mol. The van der Waals surface area contributed by atoms with Gasteiger partial charge in [0.15, 0.2) is 0 Å². The summed E-state index contributed by atoms with van der Waals surface area (Å²) in [6, 6.07) is 1.63. The molecular weight excluding hydrogens is 240 g/mol. The predicted octanol–water partition coefficient (Wildman–Crippen LogP) is 2.32. The van der Waals surface area contributed by atoms with E-state index in [1.54, 1.807) is 12.3 Å². The summed E-state index contributed by atoms with van der Waals surface area (Å²) in [6.07, 6.45) is 2.65. The van der Waals surface area contributed by atoms with Crippen molar-refractivity contribution < 1.29 is 4.79 Å². The number of nitrogens with one attached hydrogen (secondary N) is 2.